The predicted molar refractivity (Wildman–Crippen MR) is 94.0 cm³/mol. The van der Waals surface area contributed by atoms with Gasteiger partial charge in [-0.15, -0.1) is 0 Å². The highest BCUT2D eigenvalue weighted by Crippen LogP contribution is 2.28. The molecule has 0 bridgehead atoms. The highest BCUT2D eigenvalue weighted by Gasteiger charge is 2.20. The zero-order chi connectivity index (χ0) is 16.5. The van der Waals surface area contributed by atoms with Crippen molar-refractivity contribution in [3.63, 3.8) is 0 Å². The molecule has 122 valence electrons. The lowest BCUT2D eigenvalue weighted by Crippen LogP contribution is -2.31. The lowest BCUT2D eigenvalue weighted by molar-refractivity contribution is 0.243. The largest absolute Gasteiger partial charge is 0.461 e. The Hall–Kier alpha value is -1.88. The normalized spacial score (nSPS) is 14.6. The summed E-state index contributed by atoms with van der Waals surface area (Å²) in [5.74, 6) is 1.34. The molecule has 1 aliphatic rings. The molecule has 1 aliphatic heterocycles. The average molecular weight is 360 g/mol. The van der Waals surface area contributed by atoms with Crippen molar-refractivity contribution >= 4 is 23.2 Å². The van der Waals surface area contributed by atoms with Gasteiger partial charge in [-0.05, 0) is 23.8 Å². The monoisotopic (exact) mass is 359 g/mol. The summed E-state index contributed by atoms with van der Waals surface area (Å²) in [5.41, 5.74) is 3.28. The Morgan fingerprint density at radius 3 is 2.92 bits per heavy atom. The predicted octanol–water partition coefficient (Wildman–Crippen LogP) is 4.60. The van der Waals surface area contributed by atoms with Crippen LogP contribution in [-0.4, -0.2) is 21.4 Å². The summed E-state index contributed by atoms with van der Waals surface area (Å²) >= 11 is 12.4. The fraction of sp³-hybridized carbons (Fsp3) is 0.222. The maximum absolute atomic E-state index is 6.30. The molecule has 4 nitrogen and oxygen atoms in total. The average Bonchev–Trinajstić information content (AvgIpc) is 3.13. The van der Waals surface area contributed by atoms with Gasteiger partial charge in [-0.25, -0.2) is 9.97 Å². The highest BCUT2D eigenvalue weighted by molar-refractivity contribution is 6.42. The Bertz CT molecular complexity index is 865. The molecule has 2 aromatic heterocycles. The summed E-state index contributed by atoms with van der Waals surface area (Å²) in [7, 11) is 0. The molecule has 3 aromatic rings. The third kappa shape index (κ3) is 3.05. The maximum atomic E-state index is 6.30. The Morgan fingerprint density at radius 2 is 2.08 bits per heavy atom. The van der Waals surface area contributed by atoms with Gasteiger partial charge in [0.25, 0.3) is 0 Å². The lowest BCUT2D eigenvalue weighted by Gasteiger charge is -2.28. The summed E-state index contributed by atoms with van der Waals surface area (Å²) in [6.07, 6.45) is 4.41. The smallest absolute Gasteiger partial charge is 0.195 e. The van der Waals surface area contributed by atoms with Crippen LogP contribution in [0, 0.1) is 0 Å². The number of rotatable bonds is 3. The van der Waals surface area contributed by atoms with E-state index in [0.717, 1.165) is 42.9 Å². The quantitative estimate of drug-likeness (QED) is 0.685. The molecule has 0 saturated carbocycles. The molecule has 0 unspecified atom stereocenters. The Kier molecular flexibility index (Phi) is 4.27. The van der Waals surface area contributed by atoms with E-state index in [9.17, 15) is 0 Å². The van der Waals surface area contributed by atoms with E-state index in [0.29, 0.717) is 21.6 Å². The molecule has 0 spiro atoms. The molecule has 0 amide bonds. The van der Waals surface area contributed by atoms with Gasteiger partial charge < -0.3 is 4.42 Å². The summed E-state index contributed by atoms with van der Waals surface area (Å²) in [6.45, 7) is 2.49. The van der Waals surface area contributed by atoms with Crippen LogP contribution in [0.5, 0.6) is 0 Å². The molecule has 0 atom stereocenters. The number of furan rings is 1. The van der Waals surface area contributed by atoms with E-state index in [2.05, 4.69) is 14.9 Å². The second-order valence-electron chi connectivity index (χ2n) is 5.82. The van der Waals surface area contributed by atoms with E-state index >= 15 is 0 Å². The fourth-order valence-electron chi connectivity index (χ4n) is 2.95. The number of benzene rings is 1. The summed E-state index contributed by atoms with van der Waals surface area (Å²) in [5, 5.41) is 1.23. The van der Waals surface area contributed by atoms with Crippen molar-refractivity contribution in [2.75, 3.05) is 6.54 Å². The minimum atomic E-state index is 0.595. The third-order valence-electron chi connectivity index (χ3n) is 4.18. The van der Waals surface area contributed by atoms with E-state index in [1.807, 2.05) is 36.5 Å². The van der Waals surface area contributed by atoms with Crippen molar-refractivity contribution in [2.24, 2.45) is 0 Å². The second kappa shape index (κ2) is 6.55. The fourth-order valence-corrected chi connectivity index (χ4v) is 3.33. The molecule has 3 heterocycles. The molecule has 0 radical (unpaired) electrons. The molecular formula is C18H15Cl2N3O. The van der Waals surface area contributed by atoms with Crippen molar-refractivity contribution in [1.82, 2.24) is 14.9 Å². The first-order valence-electron chi connectivity index (χ1n) is 7.74. The number of fused-ring (bicyclic) bond motifs is 1. The zero-order valence-electron chi connectivity index (χ0n) is 12.9. The van der Waals surface area contributed by atoms with Gasteiger partial charge in [0.2, 0.25) is 0 Å². The van der Waals surface area contributed by atoms with Crippen LogP contribution in [-0.2, 0) is 19.5 Å². The summed E-state index contributed by atoms with van der Waals surface area (Å²) in [4.78, 5) is 11.4. The van der Waals surface area contributed by atoms with E-state index in [4.69, 9.17) is 27.6 Å². The van der Waals surface area contributed by atoms with Crippen LogP contribution in [0.25, 0.3) is 11.6 Å². The standard InChI is InChI=1S/C18H15Cl2N3O/c19-14-4-1-3-12(17(14)20)10-23-7-6-15-13(11-23)9-21-18(22-15)16-5-2-8-24-16/h1-5,8-9H,6-7,10-11H2. The minimum Gasteiger partial charge on any atom is -0.461 e. The maximum Gasteiger partial charge on any atom is 0.195 e. The molecule has 0 aliphatic carbocycles. The number of hydrogen-bond donors (Lipinski definition) is 0. The van der Waals surface area contributed by atoms with Crippen LogP contribution in [0.2, 0.25) is 10.0 Å². The summed E-state index contributed by atoms with van der Waals surface area (Å²) in [6, 6.07) is 9.47. The van der Waals surface area contributed by atoms with E-state index < -0.39 is 0 Å². The van der Waals surface area contributed by atoms with Crippen molar-refractivity contribution in [1.29, 1.82) is 0 Å². The number of aromatic nitrogens is 2. The van der Waals surface area contributed by atoms with Crippen molar-refractivity contribution in [2.45, 2.75) is 19.5 Å². The van der Waals surface area contributed by atoms with Gasteiger partial charge >= 0.3 is 0 Å². The van der Waals surface area contributed by atoms with E-state index in [1.54, 1.807) is 6.26 Å². The molecule has 0 fully saturated rings. The van der Waals surface area contributed by atoms with Gasteiger partial charge in [-0.1, -0.05) is 35.3 Å². The first-order valence-corrected chi connectivity index (χ1v) is 8.50. The molecular weight excluding hydrogens is 345 g/mol. The molecule has 0 saturated heterocycles. The third-order valence-corrected chi connectivity index (χ3v) is 5.04. The topological polar surface area (TPSA) is 42.2 Å². The molecule has 6 heteroatoms. The van der Waals surface area contributed by atoms with Crippen LogP contribution >= 0.6 is 23.2 Å². The molecule has 0 N–H and O–H groups in total. The van der Waals surface area contributed by atoms with Gasteiger partial charge in [0.1, 0.15) is 0 Å². The number of nitrogens with zero attached hydrogens (tertiary/aromatic N) is 3. The second-order valence-corrected chi connectivity index (χ2v) is 6.60. The molecule has 4 rings (SSSR count). The van der Waals surface area contributed by atoms with Gasteiger partial charge in [0, 0.05) is 37.8 Å². The lowest BCUT2D eigenvalue weighted by atomic mass is 10.1. The number of halogens is 2. The molecule has 1 aromatic carbocycles. The van der Waals surface area contributed by atoms with Gasteiger partial charge in [-0.2, -0.15) is 0 Å². The van der Waals surface area contributed by atoms with E-state index in [-0.39, 0.29) is 0 Å². The molecule has 24 heavy (non-hydrogen) atoms. The van der Waals surface area contributed by atoms with E-state index in [1.165, 1.54) is 0 Å². The van der Waals surface area contributed by atoms with Crippen molar-refractivity contribution in [3.8, 4) is 11.6 Å². The van der Waals surface area contributed by atoms with Crippen LogP contribution in [0.1, 0.15) is 16.8 Å². The van der Waals surface area contributed by atoms with Crippen LogP contribution in [0.15, 0.2) is 47.2 Å². The van der Waals surface area contributed by atoms with Crippen LogP contribution in [0.4, 0.5) is 0 Å². The Balaban J connectivity index is 1.53. The summed E-state index contributed by atoms with van der Waals surface area (Å²) < 4.78 is 5.37. The highest BCUT2D eigenvalue weighted by atomic mass is 35.5. The first-order chi connectivity index (χ1) is 11.7. The van der Waals surface area contributed by atoms with Gasteiger partial charge in [-0.3, -0.25) is 4.90 Å². The Morgan fingerprint density at radius 1 is 1.17 bits per heavy atom. The van der Waals surface area contributed by atoms with Crippen LogP contribution < -0.4 is 0 Å². The van der Waals surface area contributed by atoms with Crippen molar-refractivity contribution in [3.05, 3.63) is 69.7 Å². The minimum absolute atomic E-state index is 0.595. The first kappa shape index (κ1) is 15.6. The van der Waals surface area contributed by atoms with Gasteiger partial charge in [0.05, 0.1) is 22.0 Å². The zero-order valence-corrected chi connectivity index (χ0v) is 14.4. The number of hydrogen-bond acceptors (Lipinski definition) is 4. The van der Waals surface area contributed by atoms with Crippen molar-refractivity contribution < 1.29 is 4.42 Å². The van der Waals surface area contributed by atoms with Gasteiger partial charge in [0.15, 0.2) is 11.6 Å². The Labute approximate surface area is 150 Å². The van der Waals surface area contributed by atoms with Crippen LogP contribution in [0.3, 0.4) is 0 Å². The SMILES string of the molecule is Clc1cccc(CN2CCc3nc(-c4ccco4)ncc3C2)c1Cl.